The van der Waals surface area contributed by atoms with E-state index in [-0.39, 0.29) is 32.0 Å². The molecule has 0 spiro atoms. The first kappa shape index (κ1) is 50.5. The zero-order valence-electron chi connectivity index (χ0n) is 34.3. The van der Waals surface area contributed by atoms with Crippen molar-refractivity contribution in [2.45, 2.75) is 187 Å². The second-order valence-electron chi connectivity index (χ2n) is 15.4. The molecule has 0 amide bonds. The van der Waals surface area contributed by atoms with Gasteiger partial charge in [0.25, 0.3) is 0 Å². The number of ether oxygens (including phenoxy) is 2. The highest BCUT2D eigenvalue weighted by molar-refractivity contribution is 7.47. The molecule has 0 radical (unpaired) electrons. The smallest absolute Gasteiger partial charge is 0.462 e. The summed E-state index contributed by atoms with van der Waals surface area (Å²) in [5.74, 6) is -0.810. The number of unbranched alkanes of at least 4 members (excludes halogenated alkanes) is 20. The number of carbonyl (C=O) groups is 2. The maximum absolute atomic E-state index is 12.6. The zero-order valence-corrected chi connectivity index (χ0v) is 35.2. The molecule has 52 heavy (non-hydrogen) atoms. The first-order valence-corrected chi connectivity index (χ1v) is 22.6. The van der Waals surface area contributed by atoms with E-state index >= 15 is 0 Å². The molecule has 10 heteroatoms. The number of rotatable bonds is 38. The standard InChI is InChI=1S/C42H80NO8P/c1-6-8-10-12-14-16-18-20-21-23-24-26-28-30-32-34-41(44)48-38-40(39-50-52(46,47)49-37-36-43(3,4)5)51-42(45)35-33-31-29-27-25-22-19-17-15-13-11-9-7-2/h14,16,20-21,40H,6-13,15,17-19,22-39H2,1-5H3/p+1/t40-/m1/s1. The van der Waals surface area contributed by atoms with Gasteiger partial charge in [-0.2, -0.15) is 0 Å². The molecule has 1 unspecified atom stereocenters. The molecule has 0 saturated carbocycles. The summed E-state index contributed by atoms with van der Waals surface area (Å²) in [4.78, 5) is 35.3. The van der Waals surface area contributed by atoms with E-state index in [2.05, 4.69) is 38.2 Å². The molecule has 9 nitrogen and oxygen atoms in total. The van der Waals surface area contributed by atoms with E-state index in [9.17, 15) is 19.0 Å². The van der Waals surface area contributed by atoms with Crippen LogP contribution in [-0.4, -0.2) is 74.9 Å². The molecular formula is C42H81NO8P+. The van der Waals surface area contributed by atoms with Crippen LogP contribution in [0.1, 0.15) is 181 Å². The van der Waals surface area contributed by atoms with Crippen molar-refractivity contribution in [3.8, 4) is 0 Å². The molecule has 0 rings (SSSR count). The average Bonchev–Trinajstić information content (AvgIpc) is 3.09. The average molecular weight is 759 g/mol. The highest BCUT2D eigenvalue weighted by atomic mass is 31.2. The van der Waals surface area contributed by atoms with Crippen LogP contribution in [0.5, 0.6) is 0 Å². The van der Waals surface area contributed by atoms with E-state index in [0.29, 0.717) is 17.4 Å². The largest absolute Gasteiger partial charge is 0.472 e. The Morgan fingerprint density at radius 2 is 1.04 bits per heavy atom. The van der Waals surface area contributed by atoms with Crippen molar-refractivity contribution in [1.29, 1.82) is 0 Å². The summed E-state index contributed by atoms with van der Waals surface area (Å²) < 4.78 is 34.2. The molecule has 1 N–H and O–H groups in total. The maximum atomic E-state index is 12.6. The Hall–Kier alpha value is -1.51. The summed E-state index contributed by atoms with van der Waals surface area (Å²) in [6.07, 6.45) is 36.4. The molecule has 2 atom stereocenters. The molecule has 0 fully saturated rings. The Bertz CT molecular complexity index is 949. The molecule has 0 aromatic heterocycles. The van der Waals surface area contributed by atoms with Gasteiger partial charge in [0, 0.05) is 12.8 Å². The van der Waals surface area contributed by atoms with E-state index < -0.39 is 26.5 Å². The molecular weight excluding hydrogens is 677 g/mol. The lowest BCUT2D eigenvalue weighted by Crippen LogP contribution is -2.37. The van der Waals surface area contributed by atoms with Crippen LogP contribution in [0.4, 0.5) is 0 Å². The molecule has 0 aromatic rings. The summed E-state index contributed by atoms with van der Waals surface area (Å²) in [5, 5.41) is 0. The number of phosphoric ester groups is 1. The maximum Gasteiger partial charge on any atom is 0.472 e. The quantitative estimate of drug-likeness (QED) is 0.0218. The van der Waals surface area contributed by atoms with E-state index in [1.165, 1.54) is 89.9 Å². The molecule has 0 aliphatic carbocycles. The Kier molecular flexibility index (Phi) is 34.2. The van der Waals surface area contributed by atoms with Crippen molar-refractivity contribution in [1.82, 2.24) is 0 Å². The highest BCUT2D eigenvalue weighted by Crippen LogP contribution is 2.43. The second kappa shape index (κ2) is 35.2. The predicted molar refractivity (Wildman–Crippen MR) is 215 cm³/mol. The van der Waals surface area contributed by atoms with Crippen LogP contribution in [0.25, 0.3) is 0 Å². The van der Waals surface area contributed by atoms with Gasteiger partial charge in [-0.1, -0.05) is 147 Å². The fraction of sp³-hybridized carbons (Fsp3) is 0.857. The minimum atomic E-state index is -4.37. The highest BCUT2D eigenvalue weighted by Gasteiger charge is 2.27. The summed E-state index contributed by atoms with van der Waals surface area (Å²) in [7, 11) is 1.47. The van der Waals surface area contributed by atoms with Gasteiger partial charge in [-0.25, -0.2) is 4.57 Å². The number of hydrogen-bond donors (Lipinski definition) is 1. The minimum absolute atomic E-state index is 0.0311. The molecule has 0 aliphatic heterocycles. The van der Waals surface area contributed by atoms with Gasteiger partial charge >= 0.3 is 19.8 Å². The van der Waals surface area contributed by atoms with E-state index in [4.69, 9.17) is 18.5 Å². The number of quaternary nitrogens is 1. The van der Waals surface area contributed by atoms with Gasteiger partial charge in [0.2, 0.25) is 0 Å². The minimum Gasteiger partial charge on any atom is -0.462 e. The van der Waals surface area contributed by atoms with Crippen molar-refractivity contribution < 1.29 is 42.1 Å². The lowest BCUT2D eigenvalue weighted by molar-refractivity contribution is -0.870. The van der Waals surface area contributed by atoms with Gasteiger partial charge in [0.1, 0.15) is 19.8 Å². The third-order valence-corrected chi connectivity index (χ3v) is 9.97. The van der Waals surface area contributed by atoms with Crippen molar-refractivity contribution in [2.75, 3.05) is 47.5 Å². The van der Waals surface area contributed by atoms with Gasteiger partial charge in [0.05, 0.1) is 27.7 Å². The molecule has 0 saturated heterocycles. The SMILES string of the molecule is CCCCCC=CCC=CCCCCCCCC(=O)OC[C@H](COP(=O)(O)OCC[N+](C)(C)C)OC(=O)CCCCCCCCCCCCCCC. The number of allylic oxidation sites excluding steroid dienone is 4. The number of esters is 2. The van der Waals surface area contributed by atoms with Crippen LogP contribution in [0.3, 0.4) is 0 Å². The summed E-state index contributed by atoms with van der Waals surface area (Å²) in [6, 6.07) is 0. The third-order valence-electron chi connectivity index (χ3n) is 8.98. The van der Waals surface area contributed by atoms with Crippen LogP contribution in [-0.2, 0) is 32.7 Å². The van der Waals surface area contributed by atoms with Gasteiger partial charge in [-0.15, -0.1) is 0 Å². The van der Waals surface area contributed by atoms with E-state index in [1.807, 2.05) is 21.1 Å². The summed E-state index contributed by atoms with van der Waals surface area (Å²) >= 11 is 0. The normalized spacial score (nSPS) is 13.9. The van der Waals surface area contributed by atoms with Gasteiger partial charge in [0.15, 0.2) is 6.10 Å². The first-order chi connectivity index (χ1) is 25.0. The summed E-state index contributed by atoms with van der Waals surface area (Å²) in [6.45, 7) is 4.38. The van der Waals surface area contributed by atoms with Crippen molar-refractivity contribution >= 4 is 19.8 Å². The van der Waals surface area contributed by atoms with Crippen molar-refractivity contribution in [3.05, 3.63) is 24.3 Å². The monoisotopic (exact) mass is 759 g/mol. The Morgan fingerprint density at radius 3 is 1.56 bits per heavy atom. The number of phosphoric acid groups is 1. The van der Waals surface area contributed by atoms with Crippen LogP contribution in [0, 0.1) is 0 Å². The third kappa shape index (κ3) is 38.2. The fourth-order valence-electron chi connectivity index (χ4n) is 5.63. The number of hydrogen-bond acceptors (Lipinski definition) is 7. The summed E-state index contributed by atoms with van der Waals surface area (Å²) in [5.41, 5.74) is 0. The van der Waals surface area contributed by atoms with Crippen molar-refractivity contribution in [3.63, 3.8) is 0 Å². The van der Waals surface area contributed by atoms with Crippen LogP contribution < -0.4 is 0 Å². The number of carbonyl (C=O) groups excluding carboxylic acids is 2. The lowest BCUT2D eigenvalue weighted by Gasteiger charge is -2.24. The van der Waals surface area contributed by atoms with Crippen LogP contribution in [0.2, 0.25) is 0 Å². The van der Waals surface area contributed by atoms with E-state index in [0.717, 1.165) is 57.8 Å². The Balaban J connectivity index is 4.40. The van der Waals surface area contributed by atoms with Crippen LogP contribution >= 0.6 is 7.82 Å². The molecule has 0 aliphatic rings. The topological polar surface area (TPSA) is 108 Å². The Morgan fingerprint density at radius 1 is 0.596 bits per heavy atom. The van der Waals surface area contributed by atoms with Gasteiger partial charge in [-0.05, 0) is 44.9 Å². The van der Waals surface area contributed by atoms with Crippen LogP contribution in [0.15, 0.2) is 24.3 Å². The Labute approximate surface area is 319 Å². The molecule has 306 valence electrons. The van der Waals surface area contributed by atoms with Gasteiger partial charge in [-0.3, -0.25) is 18.6 Å². The van der Waals surface area contributed by atoms with Gasteiger partial charge < -0.3 is 18.9 Å². The molecule has 0 bridgehead atoms. The first-order valence-electron chi connectivity index (χ1n) is 21.1. The molecule has 0 aromatic carbocycles. The molecule has 0 heterocycles. The zero-order chi connectivity index (χ0) is 38.6. The fourth-order valence-corrected chi connectivity index (χ4v) is 6.37. The van der Waals surface area contributed by atoms with Crippen molar-refractivity contribution in [2.24, 2.45) is 0 Å². The lowest BCUT2D eigenvalue weighted by atomic mass is 10.0. The number of nitrogens with zero attached hydrogens (tertiary/aromatic N) is 1. The number of likely N-dealkylation sites (N-methyl/N-ethyl adjacent to an activating group) is 1. The van der Waals surface area contributed by atoms with E-state index in [1.54, 1.807) is 0 Å². The second-order valence-corrected chi connectivity index (χ2v) is 16.8. The predicted octanol–water partition coefficient (Wildman–Crippen LogP) is 11.6.